The van der Waals surface area contributed by atoms with E-state index in [1.807, 2.05) is 7.05 Å². The Morgan fingerprint density at radius 3 is 2.00 bits per heavy atom. The Morgan fingerprint density at radius 1 is 1.06 bits per heavy atom. The highest BCUT2D eigenvalue weighted by Gasteiger charge is 2.18. The van der Waals surface area contributed by atoms with Gasteiger partial charge in [-0.15, -0.1) is 0 Å². The lowest BCUT2D eigenvalue weighted by atomic mass is 9.89. The first-order valence-corrected chi connectivity index (χ1v) is 7.06. The van der Waals surface area contributed by atoms with Gasteiger partial charge >= 0.3 is 0 Å². The molecule has 0 saturated carbocycles. The monoisotopic (exact) mass is 249 g/mol. The molecule has 0 fully saturated rings. The van der Waals surface area contributed by atoms with Crippen LogP contribution in [0.25, 0.3) is 0 Å². The van der Waals surface area contributed by atoms with Crippen LogP contribution in [-0.4, -0.2) is 13.2 Å². The maximum Gasteiger partial charge on any atom is 0.119 e. The van der Waals surface area contributed by atoms with Gasteiger partial charge in [-0.3, -0.25) is 0 Å². The molecule has 1 aromatic carbocycles. The van der Waals surface area contributed by atoms with Gasteiger partial charge in [-0.25, -0.2) is 0 Å². The van der Waals surface area contributed by atoms with E-state index in [0.717, 1.165) is 5.75 Å². The number of rotatable bonds is 7. The molecule has 0 spiro atoms. The van der Waals surface area contributed by atoms with Gasteiger partial charge in [0.05, 0.1) is 6.10 Å². The zero-order chi connectivity index (χ0) is 13.5. The van der Waals surface area contributed by atoms with Crippen molar-refractivity contribution in [2.24, 2.45) is 5.92 Å². The number of hydrogen-bond donors (Lipinski definition) is 1. The molecule has 1 rings (SSSR count). The Kier molecular flexibility index (Phi) is 6.20. The molecule has 1 N–H and O–H groups in total. The third-order valence-electron chi connectivity index (χ3n) is 3.44. The van der Waals surface area contributed by atoms with Crippen molar-refractivity contribution < 1.29 is 4.74 Å². The van der Waals surface area contributed by atoms with Crippen molar-refractivity contribution in [1.29, 1.82) is 0 Å². The summed E-state index contributed by atoms with van der Waals surface area (Å²) in [6, 6.07) is 8.94. The lowest BCUT2D eigenvalue weighted by molar-refractivity contribution is 0.242. The lowest BCUT2D eigenvalue weighted by Crippen LogP contribution is -2.24. The summed E-state index contributed by atoms with van der Waals surface area (Å²) in [4.78, 5) is 0. The summed E-state index contributed by atoms with van der Waals surface area (Å²) in [6.45, 7) is 8.62. The van der Waals surface area contributed by atoms with E-state index in [-0.39, 0.29) is 6.10 Å². The smallest absolute Gasteiger partial charge is 0.119 e. The number of ether oxygens (including phenoxy) is 1. The van der Waals surface area contributed by atoms with Gasteiger partial charge in [0.25, 0.3) is 0 Å². The fourth-order valence-electron chi connectivity index (χ4n) is 2.46. The molecule has 1 atom stereocenters. The van der Waals surface area contributed by atoms with E-state index < -0.39 is 0 Å². The summed E-state index contributed by atoms with van der Waals surface area (Å²) in [6.07, 6.45) is 2.63. The minimum atomic E-state index is 0.231. The highest BCUT2D eigenvalue weighted by Crippen LogP contribution is 2.28. The fraction of sp³-hybridized carbons (Fsp3) is 0.625. The average Bonchev–Trinajstić information content (AvgIpc) is 2.36. The molecule has 0 aliphatic rings. The quantitative estimate of drug-likeness (QED) is 0.783. The third kappa shape index (κ3) is 4.02. The van der Waals surface area contributed by atoms with Gasteiger partial charge < -0.3 is 10.1 Å². The first kappa shape index (κ1) is 15.0. The third-order valence-corrected chi connectivity index (χ3v) is 3.44. The number of nitrogens with one attached hydrogen (secondary N) is 1. The molecule has 18 heavy (non-hydrogen) atoms. The average molecular weight is 249 g/mol. The molecule has 0 aliphatic heterocycles. The molecule has 1 unspecified atom stereocenters. The van der Waals surface area contributed by atoms with Crippen molar-refractivity contribution in [2.45, 2.75) is 52.7 Å². The molecule has 1 aromatic rings. The molecular weight excluding hydrogens is 222 g/mol. The van der Waals surface area contributed by atoms with E-state index >= 15 is 0 Å². The van der Waals surface area contributed by atoms with Gasteiger partial charge in [-0.1, -0.05) is 38.8 Å². The number of hydrogen-bond acceptors (Lipinski definition) is 2. The summed E-state index contributed by atoms with van der Waals surface area (Å²) >= 11 is 0. The first-order chi connectivity index (χ1) is 8.62. The molecule has 0 heterocycles. The second kappa shape index (κ2) is 7.42. The SMILES string of the molecule is CCC(CC)C(NC)c1ccc(OC(C)C)cc1. The second-order valence-corrected chi connectivity index (χ2v) is 5.08. The zero-order valence-electron chi connectivity index (χ0n) is 12.4. The first-order valence-electron chi connectivity index (χ1n) is 7.06. The topological polar surface area (TPSA) is 21.3 Å². The molecular formula is C16H27NO. The van der Waals surface area contributed by atoms with Crippen LogP contribution in [0.3, 0.4) is 0 Å². The summed E-state index contributed by atoms with van der Waals surface area (Å²) in [5.74, 6) is 1.64. The Bertz CT molecular complexity index is 327. The van der Waals surface area contributed by atoms with Gasteiger partial charge in [0.15, 0.2) is 0 Å². The van der Waals surface area contributed by atoms with Crippen LogP contribution in [0.1, 0.15) is 52.1 Å². The van der Waals surface area contributed by atoms with E-state index in [0.29, 0.717) is 12.0 Å². The summed E-state index contributed by atoms with van der Waals surface area (Å²) < 4.78 is 5.68. The number of benzene rings is 1. The van der Waals surface area contributed by atoms with Crippen molar-refractivity contribution in [3.05, 3.63) is 29.8 Å². The molecule has 0 aromatic heterocycles. The van der Waals surface area contributed by atoms with Gasteiger partial charge in [-0.05, 0) is 44.5 Å². The van der Waals surface area contributed by atoms with Crippen molar-refractivity contribution in [3.63, 3.8) is 0 Å². The molecule has 0 bridgehead atoms. The van der Waals surface area contributed by atoms with Crippen LogP contribution >= 0.6 is 0 Å². The van der Waals surface area contributed by atoms with Crippen LogP contribution in [0, 0.1) is 5.92 Å². The summed E-state index contributed by atoms with van der Waals surface area (Å²) in [5.41, 5.74) is 1.35. The fourth-order valence-corrected chi connectivity index (χ4v) is 2.46. The van der Waals surface area contributed by atoms with Crippen molar-refractivity contribution in [2.75, 3.05) is 7.05 Å². The molecule has 2 nitrogen and oxygen atoms in total. The molecule has 0 saturated heterocycles. The maximum atomic E-state index is 5.68. The van der Waals surface area contributed by atoms with Crippen molar-refractivity contribution in [3.8, 4) is 5.75 Å². The summed E-state index contributed by atoms with van der Waals surface area (Å²) in [5, 5.41) is 3.44. The largest absolute Gasteiger partial charge is 0.491 e. The molecule has 2 heteroatoms. The maximum absolute atomic E-state index is 5.68. The van der Waals surface area contributed by atoms with Gasteiger partial charge in [-0.2, -0.15) is 0 Å². The van der Waals surface area contributed by atoms with Gasteiger partial charge in [0.1, 0.15) is 5.75 Å². The normalized spacial score (nSPS) is 13.1. The van der Waals surface area contributed by atoms with Crippen LogP contribution < -0.4 is 10.1 Å². The van der Waals surface area contributed by atoms with Crippen LogP contribution in [0.4, 0.5) is 0 Å². The molecule has 0 aliphatic carbocycles. The Labute approximate surface area is 112 Å². The van der Waals surface area contributed by atoms with E-state index in [1.54, 1.807) is 0 Å². The van der Waals surface area contributed by atoms with Crippen LogP contribution in [-0.2, 0) is 0 Å². The Morgan fingerprint density at radius 2 is 1.61 bits per heavy atom. The highest BCUT2D eigenvalue weighted by atomic mass is 16.5. The van der Waals surface area contributed by atoms with Gasteiger partial charge in [0, 0.05) is 6.04 Å². The van der Waals surface area contributed by atoms with Crippen molar-refractivity contribution >= 4 is 0 Å². The Balaban J connectivity index is 2.81. The van der Waals surface area contributed by atoms with Gasteiger partial charge in [0.2, 0.25) is 0 Å². The van der Waals surface area contributed by atoms with Crippen LogP contribution in [0.15, 0.2) is 24.3 Å². The molecule has 102 valence electrons. The second-order valence-electron chi connectivity index (χ2n) is 5.08. The summed E-state index contributed by atoms with van der Waals surface area (Å²) in [7, 11) is 2.04. The minimum absolute atomic E-state index is 0.231. The standard InChI is InChI=1S/C16H27NO/c1-6-13(7-2)16(17-5)14-8-10-15(11-9-14)18-12(3)4/h8-13,16-17H,6-7H2,1-5H3. The predicted octanol–water partition coefficient (Wildman–Crippen LogP) is 4.17. The lowest BCUT2D eigenvalue weighted by Gasteiger charge is -2.25. The minimum Gasteiger partial charge on any atom is -0.491 e. The zero-order valence-corrected chi connectivity index (χ0v) is 12.4. The Hall–Kier alpha value is -1.02. The van der Waals surface area contributed by atoms with E-state index in [2.05, 4.69) is 57.3 Å². The van der Waals surface area contributed by atoms with Crippen LogP contribution in [0.5, 0.6) is 5.75 Å². The van der Waals surface area contributed by atoms with E-state index in [4.69, 9.17) is 4.74 Å². The van der Waals surface area contributed by atoms with E-state index in [9.17, 15) is 0 Å². The predicted molar refractivity (Wildman–Crippen MR) is 78.1 cm³/mol. The molecule has 0 radical (unpaired) electrons. The van der Waals surface area contributed by atoms with Crippen molar-refractivity contribution in [1.82, 2.24) is 5.32 Å². The van der Waals surface area contributed by atoms with Crippen LogP contribution in [0.2, 0.25) is 0 Å². The van der Waals surface area contributed by atoms with E-state index in [1.165, 1.54) is 18.4 Å². The highest BCUT2D eigenvalue weighted by molar-refractivity contribution is 5.29. The molecule has 0 amide bonds.